The molecular formula is C34H43N7O4. The number of likely N-dealkylation sites (tertiary alicyclic amines) is 1. The second-order valence-corrected chi connectivity index (χ2v) is 13.5. The SMILES string of the molecule is CN1CC[C@@H](COc2nc3c(c(N4CCN(C(=O)OC(C)(C)C)[C@@H](CC#N)C4)n2)CCN(c2cc(O)cc4ccccc24)C3)C1. The molecule has 2 atom stereocenters. The number of phenolic OH excluding ortho intramolecular Hbond substituents is 1. The monoisotopic (exact) mass is 613 g/mol. The van der Waals surface area contributed by atoms with Crippen molar-refractivity contribution >= 4 is 28.4 Å². The predicted molar refractivity (Wildman–Crippen MR) is 173 cm³/mol. The molecule has 6 rings (SSSR count). The molecule has 45 heavy (non-hydrogen) atoms. The summed E-state index contributed by atoms with van der Waals surface area (Å²) in [5, 5.41) is 22.2. The summed E-state index contributed by atoms with van der Waals surface area (Å²) in [7, 11) is 2.13. The minimum absolute atomic E-state index is 0.194. The number of carbonyl (C=O) groups is 1. The molecular weight excluding hydrogens is 570 g/mol. The number of hydrogen-bond donors (Lipinski definition) is 1. The van der Waals surface area contributed by atoms with Crippen LogP contribution < -0.4 is 14.5 Å². The summed E-state index contributed by atoms with van der Waals surface area (Å²) in [5.41, 5.74) is 2.30. The van der Waals surface area contributed by atoms with Crippen molar-refractivity contribution in [2.24, 2.45) is 5.92 Å². The molecule has 0 saturated carbocycles. The Morgan fingerprint density at radius 3 is 2.67 bits per heavy atom. The summed E-state index contributed by atoms with van der Waals surface area (Å²) in [6, 6.07) is 14.0. The summed E-state index contributed by atoms with van der Waals surface area (Å²) in [6.45, 7) is 10.8. The Labute approximate surface area is 265 Å². The lowest BCUT2D eigenvalue weighted by molar-refractivity contribution is 0.0144. The van der Waals surface area contributed by atoms with Gasteiger partial charge in [0.25, 0.3) is 0 Å². The number of nitriles is 1. The number of nitrogens with zero attached hydrogens (tertiary/aromatic N) is 7. The molecule has 0 unspecified atom stereocenters. The fourth-order valence-electron chi connectivity index (χ4n) is 6.70. The standard InChI is InChI=1S/C34H43N7O4/c1-34(2,3)45-33(43)41-16-15-40(20-25(41)9-12-35)31-28-11-14-39(30-18-26(42)17-24-7-5-6-8-27(24)30)21-29(28)36-32(37-31)44-22-23-10-13-38(4)19-23/h5-8,17-18,23,25,42H,9-11,13-16,19-22H2,1-4H3/t23-,25+/m1/s1. The molecule has 1 amide bonds. The first-order valence-corrected chi connectivity index (χ1v) is 15.9. The van der Waals surface area contributed by atoms with E-state index in [0.29, 0.717) is 51.1 Å². The second-order valence-electron chi connectivity index (χ2n) is 13.5. The maximum absolute atomic E-state index is 13.1. The lowest BCUT2D eigenvalue weighted by atomic mass is 10.0. The first-order valence-electron chi connectivity index (χ1n) is 15.9. The Bertz CT molecular complexity index is 1600. The number of aromatic hydroxyl groups is 1. The summed E-state index contributed by atoms with van der Waals surface area (Å²) in [4.78, 5) is 31.4. The zero-order chi connectivity index (χ0) is 31.7. The van der Waals surface area contributed by atoms with Crippen LogP contribution in [0.2, 0.25) is 0 Å². The van der Waals surface area contributed by atoms with Gasteiger partial charge >= 0.3 is 12.1 Å². The van der Waals surface area contributed by atoms with Gasteiger partial charge in [-0.15, -0.1) is 0 Å². The van der Waals surface area contributed by atoms with Gasteiger partial charge in [-0.3, -0.25) is 0 Å². The summed E-state index contributed by atoms with van der Waals surface area (Å²) >= 11 is 0. The van der Waals surface area contributed by atoms with Crippen LogP contribution in [0, 0.1) is 17.2 Å². The summed E-state index contributed by atoms with van der Waals surface area (Å²) in [6.07, 6.45) is 1.58. The van der Waals surface area contributed by atoms with E-state index in [4.69, 9.17) is 19.4 Å². The number of carbonyl (C=O) groups excluding carboxylic acids is 1. The maximum atomic E-state index is 13.1. The van der Waals surface area contributed by atoms with Crippen LogP contribution in [-0.4, -0.2) is 95.5 Å². The highest BCUT2D eigenvalue weighted by atomic mass is 16.6. The van der Waals surface area contributed by atoms with E-state index in [2.05, 4.69) is 33.9 Å². The van der Waals surface area contributed by atoms with E-state index in [1.54, 1.807) is 11.0 Å². The largest absolute Gasteiger partial charge is 0.508 e. The van der Waals surface area contributed by atoms with E-state index < -0.39 is 11.7 Å². The normalized spacial score (nSPS) is 20.6. The fraction of sp³-hybridized carbons (Fsp3) is 0.529. The third-order valence-electron chi connectivity index (χ3n) is 8.86. The number of amides is 1. The van der Waals surface area contributed by atoms with Gasteiger partial charge in [0.1, 0.15) is 17.2 Å². The van der Waals surface area contributed by atoms with Gasteiger partial charge in [0.05, 0.1) is 37.4 Å². The molecule has 2 aromatic carbocycles. The molecule has 3 aromatic rings. The fourth-order valence-corrected chi connectivity index (χ4v) is 6.70. The Hall–Kier alpha value is -4.30. The average molecular weight is 614 g/mol. The van der Waals surface area contributed by atoms with Crippen LogP contribution in [0.3, 0.4) is 0 Å². The topological polar surface area (TPSA) is 118 Å². The molecule has 0 spiro atoms. The number of ether oxygens (including phenoxy) is 2. The number of anilines is 2. The zero-order valence-corrected chi connectivity index (χ0v) is 26.7. The van der Waals surface area contributed by atoms with Gasteiger partial charge in [-0.05, 0) is 58.7 Å². The van der Waals surface area contributed by atoms with Gasteiger partial charge < -0.3 is 34.2 Å². The van der Waals surface area contributed by atoms with Crippen molar-refractivity contribution < 1.29 is 19.4 Å². The first-order chi connectivity index (χ1) is 21.6. The molecule has 0 bridgehead atoms. The van der Waals surface area contributed by atoms with Gasteiger partial charge in [-0.2, -0.15) is 15.2 Å². The molecule has 2 saturated heterocycles. The molecule has 11 heteroatoms. The number of fused-ring (bicyclic) bond motifs is 2. The average Bonchev–Trinajstić information content (AvgIpc) is 3.43. The Kier molecular flexibility index (Phi) is 8.60. The highest BCUT2D eigenvalue weighted by molar-refractivity contribution is 5.95. The van der Waals surface area contributed by atoms with Crippen LogP contribution in [0.4, 0.5) is 16.3 Å². The van der Waals surface area contributed by atoms with Crippen LogP contribution >= 0.6 is 0 Å². The molecule has 3 aliphatic heterocycles. The maximum Gasteiger partial charge on any atom is 0.410 e. The van der Waals surface area contributed by atoms with Gasteiger partial charge in [0.2, 0.25) is 0 Å². The molecule has 1 aromatic heterocycles. The number of phenols is 1. The van der Waals surface area contributed by atoms with Crippen molar-refractivity contribution in [1.29, 1.82) is 5.26 Å². The van der Waals surface area contributed by atoms with Crippen molar-refractivity contribution in [3.8, 4) is 17.8 Å². The van der Waals surface area contributed by atoms with Crippen LogP contribution in [0.1, 0.15) is 44.9 Å². The van der Waals surface area contributed by atoms with E-state index in [9.17, 15) is 15.2 Å². The molecule has 1 N–H and O–H groups in total. The Morgan fingerprint density at radius 2 is 1.91 bits per heavy atom. The molecule has 4 heterocycles. The van der Waals surface area contributed by atoms with Crippen molar-refractivity contribution in [2.75, 3.05) is 62.7 Å². The summed E-state index contributed by atoms with van der Waals surface area (Å²) < 4.78 is 12.0. The highest BCUT2D eigenvalue weighted by Gasteiger charge is 2.36. The second kappa shape index (κ2) is 12.6. The zero-order valence-electron chi connectivity index (χ0n) is 26.7. The molecule has 0 aliphatic carbocycles. The van der Waals surface area contributed by atoms with E-state index in [0.717, 1.165) is 59.6 Å². The lowest BCUT2D eigenvalue weighted by Crippen LogP contribution is -2.56. The van der Waals surface area contributed by atoms with Crippen molar-refractivity contribution in [3.63, 3.8) is 0 Å². The number of hydrogen-bond acceptors (Lipinski definition) is 10. The predicted octanol–water partition coefficient (Wildman–Crippen LogP) is 4.57. The molecule has 2 fully saturated rings. The Balaban J connectivity index is 1.31. The van der Waals surface area contributed by atoms with E-state index in [-0.39, 0.29) is 18.2 Å². The molecule has 3 aliphatic rings. The van der Waals surface area contributed by atoms with Crippen LogP contribution in [0.15, 0.2) is 36.4 Å². The first kappa shape index (κ1) is 30.7. The van der Waals surface area contributed by atoms with E-state index >= 15 is 0 Å². The quantitative estimate of drug-likeness (QED) is 0.424. The number of aromatic nitrogens is 2. The van der Waals surface area contributed by atoms with Crippen molar-refractivity contribution in [1.82, 2.24) is 19.8 Å². The summed E-state index contributed by atoms with van der Waals surface area (Å²) in [5.74, 6) is 1.46. The van der Waals surface area contributed by atoms with Crippen LogP contribution in [0.5, 0.6) is 11.8 Å². The van der Waals surface area contributed by atoms with Gasteiger partial charge in [-0.1, -0.05) is 24.3 Å². The van der Waals surface area contributed by atoms with Gasteiger partial charge in [0.15, 0.2) is 0 Å². The van der Waals surface area contributed by atoms with E-state index in [1.807, 2.05) is 45.0 Å². The van der Waals surface area contributed by atoms with Crippen LogP contribution in [-0.2, 0) is 17.7 Å². The van der Waals surface area contributed by atoms with Crippen LogP contribution in [0.25, 0.3) is 10.8 Å². The third kappa shape index (κ3) is 6.86. The molecule has 0 radical (unpaired) electrons. The van der Waals surface area contributed by atoms with Crippen molar-refractivity contribution in [2.45, 2.75) is 58.2 Å². The number of benzene rings is 2. The van der Waals surface area contributed by atoms with Gasteiger partial charge in [-0.25, -0.2) is 4.79 Å². The Morgan fingerprint density at radius 1 is 1.09 bits per heavy atom. The molecule has 11 nitrogen and oxygen atoms in total. The lowest BCUT2D eigenvalue weighted by Gasteiger charge is -2.42. The third-order valence-corrected chi connectivity index (χ3v) is 8.86. The van der Waals surface area contributed by atoms with Gasteiger partial charge in [0, 0.05) is 61.3 Å². The smallest absolute Gasteiger partial charge is 0.410 e. The number of rotatable bonds is 6. The minimum atomic E-state index is -0.621. The molecule has 238 valence electrons. The van der Waals surface area contributed by atoms with Crippen molar-refractivity contribution in [3.05, 3.63) is 47.7 Å². The number of piperazine rings is 1. The van der Waals surface area contributed by atoms with E-state index in [1.165, 1.54) is 0 Å². The highest BCUT2D eigenvalue weighted by Crippen LogP contribution is 2.37. The minimum Gasteiger partial charge on any atom is -0.508 e.